The molecule has 4 aromatic rings. The maximum atomic E-state index is 13.3. The predicted molar refractivity (Wildman–Crippen MR) is 129 cm³/mol. The van der Waals surface area contributed by atoms with E-state index < -0.39 is 5.25 Å². The summed E-state index contributed by atoms with van der Waals surface area (Å²) in [6.45, 7) is 1.77. The molecule has 1 amide bonds. The van der Waals surface area contributed by atoms with Gasteiger partial charge in [-0.1, -0.05) is 35.5 Å². The molecule has 4 rings (SSSR count). The van der Waals surface area contributed by atoms with E-state index in [0.717, 1.165) is 0 Å². The first-order valence-electron chi connectivity index (χ1n) is 9.85. The molecule has 0 radical (unpaired) electrons. The fraction of sp³-hybridized carbons (Fsp3) is 0.125. The van der Waals surface area contributed by atoms with Crippen LogP contribution in [-0.2, 0) is 4.79 Å². The molecule has 1 unspecified atom stereocenters. The van der Waals surface area contributed by atoms with Crippen molar-refractivity contribution in [3.8, 4) is 11.4 Å². The van der Waals surface area contributed by atoms with E-state index in [2.05, 4.69) is 5.32 Å². The second-order valence-electron chi connectivity index (χ2n) is 7.01. The van der Waals surface area contributed by atoms with E-state index in [1.54, 1.807) is 80.8 Å². The number of ether oxygens (including phenoxy) is 1. The molecule has 0 saturated heterocycles. The number of rotatable bonds is 6. The summed E-state index contributed by atoms with van der Waals surface area (Å²) in [5, 5.41) is 3.88. The number of thioether (sulfide) groups is 1. The van der Waals surface area contributed by atoms with Crippen molar-refractivity contribution in [3.05, 3.63) is 88.2 Å². The second-order valence-corrected chi connectivity index (χ2v) is 8.75. The van der Waals surface area contributed by atoms with Gasteiger partial charge >= 0.3 is 0 Å². The van der Waals surface area contributed by atoms with Crippen LogP contribution in [0.3, 0.4) is 0 Å². The van der Waals surface area contributed by atoms with E-state index in [-0.39, 0.29) is 11.5 Å². The third kappa shape index (κ3) is 4.64. The molecule has 0 fully saturated rings. The monoisotopic (exact) mass is 465 g/mol. The van der Waals surface area contributed by atoms with Crippen molar-refractivity contribution < 1.29 is 9.53 Å². The SMILES string of the molecule is COc1ccc(-n2c(SC(C)C(=O)Nc3ccc(Cl)cc3)nc3ccccc3c2=O)cc1. The van der Waals surface area contributed by atoms with Gasteiger partial charge < -0.3 is 10.1 Å². The molecule has 162 valence electrons. The average Bonchev–Trinajstić information content (AvgIpc) is 2.81. The summed E-state index contributed by atoms with van der Waals surface area (Å²) in [4.78, 5) is 30.8. The molecule has 32 heavy (non-hydrogen) atoms. The number of nitrogens with one attached hydrogen (secondary N) is 1. The van der Waals surface area contributed by atoms with Crippen LogP contribution in [0.4, 0.5) is 5.69 Å². The van der Waals surface area contributed by atoms with Gasteiger partial charge in [0.2, 0.25) is 5.91 Å². The van der Waals surface area contributed by atoms with Gasteiger partial charge in [0.15, 0.2) is 5.16 Å². The van der Waals surface area contributed by atoms with Gasteiger partial charge in [-0.15, -0.1) is 0 Å². The fourth-order valence-electron chi connectivity index (χ4n) is 3.14. The van der Waals surface area contributed by atoms with Crippen LogP contribution in [-0.4, -0.2) is 27.8 Å². The molecule has 1 heterocycles. The fourth-order valence-corrected chi connectivity index (χ4v) is 4.19. The molecule has 0 spiro atoms. The molecule has 0 bridgehead atoms. The molecule has 0 saturated carbocycles. The highest BCUT2D eigenvalue weighted by Gasteiger charge is 2.20. The van der Waals surface area contributed by atoms with Crippen molar-refractivity contribution in [2.24, 2.45) is 0 Å². The lowest BCUT2D eigenvalue weighted by Gasteiger charge is -2.17. The van der Waals surface area contributed by atoms with E-state index >= 15 is 0 Å². The molecule has 1 atom stereocenters. The molecule has 1 aromatic heterocycles. The molecule has 1 N–H and O–H groups in total. The van der Waals surface area contributed by atoms with Gasteiger partial charge in [0.05, 0.1) is 29.0 Å². The van der Waals surface area contributed by atoms with E-state index in [1.807, 2.05) is 6.07 Å². The van der Waals surface area contributed by atoms with Crippen LogP contribution in [0.15, 0.2) is 82.7 Å². The molecule has 3 aromatic carbocycles. The Labute approximate surface area is 194 Å². The Morgan fingerprint density at radius 2 is 1.75 bits per heavy atom. The number of carbonyl (C=O) groups is 1. The third-order valence-electron chi connectivity index (χ3n) is 4.84. The molecular formula is C24H20ClN3O3S. The Kier molecular flexibility index (Phi) is 6.48. The quantitative estimate of drug-likeness (QED) is 0.314. The first-order chi connectivity index (χ1) is 15.5. The minimum Gasteiger partial charge on any atom is -0.497 e. The number of benzene rings is 3. The van der Waals surface area contributed by atoms with Gasteiger partial charge in [-0.25, -0.2) is 4.98 Å². The van der Waals surface area contributed by atoms with Crippen LogP contribution < -0.4 is 15.6 Å². The van der Waals surface area contributed by atoms with Gasteiger partial charge in [-0.05, 0) is 67.6 Å². The van der Waals surface area contributed by atoms with Crippen LogP contribution >= 0.6 is 23.4 Å². The number of hydrogen-bond acceptors (Lipinski definition) is 5. The highest BCUT2D eigenvalue weighted by atomic mass is 35.5. The first kappa shape index (κ1) is 21.9. The van der Waals surface area contributed by atoms with Crippen LogP contribution in [0.25, 0.3) is 16.6 Å². The summed E-state index contributed by atoms with van der Waals surface area (Å²) >= 11 is 7.13. The Morgan fingerprint density at radius 3 is 2.44 bits per heavy atom. The van der Waals surface area contributed by atoms with Gasteiger partial charge in [0.25, 0.3) is 5.56 Å². The number of aromatic nitrogens is 2. The molecule has 0 aliphatic heterocycles. The van der Waals surface area contributed by atoms with E-state index in [4.69, 9.17) is 21.3 Å². The first-order valence-corrected chi connectivity index (χ1v) is 11.1. The average molecular weight is 466 g/mol. The molecule has 8 heteroatoms. The van der Waals surface area contributed by atoms with Gasteiger partial charge in [-0.2, -0.15) is 0 Å². The number of amides is 1. The summed E-state index contributed by atoms with van der Waals surface area (Å²) in [6, 6.07) is 21.2. The predicted octanol–water partition coefficient (Wildman–Crippen LogP) is 5.17. The summed E-state index contributed by atoms with van der Waals surface area (Å²) in [7, 11) is 1.58. The standard InChI is InChI=1S/C24H20ClN3O3S/c1-15(22(29)26-17-9-7-16(25)8-10-17)32-24-27-21-6-4-3-5-20(21)23(30)28(24)18-11-13-19(31-2)14-12-18/h3-15H,1-2H3,(H,26,29). The van der Waals surface area contributed by atoms with Crippen molar-refractivity contribution in [1.82, 2.24) is 9.55 Å². The number of para-hydroxylation sites is 1. The van der Waals surface area contributed by atoms with Crippen LogP contribution in [0.1, 0.15) is 6.92 Å². The Morgan fingerprint density at radius 1 is 1.06 bits per heavy atom. The van der Waals surface area contributed by atoms with Crippen molar-refractivity contribution in [2.45, 2.75) is 17.3 Å². The third-order valence-corrected chi connectivity index (χ3v) is 6.14. The largest absolute Gasteiger partial charge is 0.497 e. The van der Waals surface area contributed by atoms with Crippen molar-refractivity contribution in [1.29, 1.82) is 0 Å². The maximum absolute atomic E-state index is 13.3. The topological polar surface area (TPSA) is 73.2 Å². The zero-order chi connectivity index (χ0) is 22.7. The van der Waals surface area contributed by atoms with Gasteiger partial charge in [-0.3, -0.25) is 14.2 Å². The number of fused-ring (bicyclic) bond motifs is 1. The van der Waals surface area contributed by atoms with Crippen LogP contribution in [0.2, 0.25) is 5.02 Å². The minimum atomic E-state index is -0.511. The number of methoxy groups -OCH3 is 1. The minimum absolute atomic E-state index is 0.200. The molecule has 6 nitrogen and oxygen atoms in total. The smallest absolute Gasteiger partial charge is 0.266 e. The Bertz CT molecular complexity index is 1320. The Balaban J connectivity index is 1.70. The summed E-state index contributed by atoms with van der Waals surface area (Å²) in [5.74, 6) is 0.474. The Hall–Kier alpha value is -3.29. The molecule has 0 aliphatic rings. The van der Waals surface area contributed by atoms with Crippen molar-refractivity contribution >= 4 is 45.9 Å². The second kappa shape index (κ2) is 9.46. The van der Waals surface area contributed by atoms with E-state index in [9.17, 15) is 9.59 Å². The highest BCUT2D eigenvalue weighted by Crippen LogP contribution is 2.27. The van der Waals surface area contributed by atoms with Crippen LogP contribution in [0.5, 0.6) is 5.75 Å². The number of nitrogens with zero attached hydrogens (tertiary/aromatic N) is 2. The number of hydrogen-bond donors (Lipinski definition) is 1. The summed E-state index contributed by atoms with van der Waals surface area (Å²) < 4.78 is 6.75. The summed E-state index contributed by atoms with van der Waals surface area (Å²) in [6.07, 6.45) is 0. The normalized spacial score (nSPS) is 11.8. The number of halogens is 1. The van der Waals surface area contributed by atoms with Crippen molar-refractivity contribution in [2.75, 3.05) is 12.4 Å². The van der Waals surface area contributed by atoms with Crippen molar-refractivity contribution in [3.63, 3.8) is 0 Å². The lowest BCUT2D eigenvalue weighted by atomic mass is 10.2. The molecule has 0 aliphatic carbocycles. The zero-order valence-corrected chi connectivity index (χ0v) is 19.0. The molecular weight excluding hydrogens is 446 g/mol. The zero-order valence-electron chi connectivity index (χ0n) is 17.4. The number of carbonyl (C=O) groups excluding carboxylic acids is 1. The lowest BCUT2D eigenvalue weighted by molar-refractivity contribution is -0.115. The summed E-state index contributed by atoms with van der Waals surface area (Å²) in [5.41, 5.74) is 1.66. The highest BCUT2D eigenvalue weighted by molar-refractivity contribution is 8.00. The van der Waals surface area contributed by atoms with Gasteiger partial charge in [0, 0.05) is 10.7 Å². The van der Waals surface area contributed by atoms with Gasteiger partial charge in [0.1, 0.15) is 5.75 Å². The van der Waals surface area contributed by atoms with E-state index in [0.29, 0.717) is 38.2 Å². The van der Waals surface area contributed by atoms with E-state index in [1.165, 1.54) is 16.3 Å². The lowest BCUT2D eigenvalue weighted by Crippen LogP contribution is -2.26. The van der Waals surface area contributed by atoms with Crippen LogP contribution in [0, 0.1) is 0 Å². The number of anilines is 1. The maximum Gasteiger partial charge on any atom is 0.266 e.